The van der Waals surface area contributed by atoms with E-state index >= 15 is 0 Å². The van der Waals surface area contributed by atoms with Crippen molar-refractivity contribution in [1.29, 1.82) is 0 Å². The molecule has 1 saturated heterocycles. The molecule has 1 atom stereocenters. The Morgan fingerprint density at radius 2 is 2.28 bits per heavy atom. The van der Waals surface area contributed by atoms with E-state index in [1.807, 2.05) is 6.92 Å². The Kier molecular flexibility index (Phi) is 4.37. The summed E-state index contributed by atoms with van der Waals surface area (Å²) in [5.74, 6) is 0.392. The summed E-state index contributed by atoms with van der Waals surface area (Å²) in [5.41, 5.74) is 0.590. The first-order chi connectivity index (χ1) is 8.49. The summed E-state index contributed by atoms with van der Waals surface area (Å²) in [5, 5.41) is 4.07. The minimum Gasteiger partial charge on any atom is -0.316 e. The van der Waals surface area contributed by atoms with Crippen molar-refractivity contribution >= 4 is 21.4 Å². The van der Waals surface area contributed by atoms with Crippen molar-refractivity contribution in [3.05, 3.63) is 10.7 Å². The third-order valence-electron chi connectivity index (χ3n) is 3.07. The van der Waals surface area contributed by atoms with Crippen molar-refractivity contribution in [2.75, 3.05) is 19.6 Å². The summed E-state index contributed by atoms with van der Waals surface area (Å²) in [6.07, 6.45) is 2.20. The maximum absolute atomic E-state index is 12.1. The van der Waals surface area contributed by atoms with Gasteiger partial charge in [-0.15, -0.1) is 11.3 Å². The molecular formula is C11H19N3O2S2. The number of sulfonamides is 1. The SMILES string of the molecule is Cc1nc(C)c(S(=O)(=O)NC[C@H]2CCCNC2)s1. The molecule has 0 amide bonds. The van der Waals surface area contributed by atoms with Gasteiger partial charge in [0.05, 0.1) is 10.7 Å². The minimum atomic E-state index is -3.39. The van der Waals surface area contributed by atoms with E-state index in [9.17, 15) is 8.42 Å². The van der Waals surface area contributed by atoms with Gasteiger partial charge in [-0.1, -0.05) is 0 Å². The number of hydrogen-bond acceptors (Lipinski definition) is 5. The third kappa shape index (κ3) is 3.28. The first kappa shape index (κ1) is 13.9. The van der Waals surface area contributed by atoms with Crippen LogP contribution in [0.2, 0.25) is 0 Å². The lowest BCUT2D eigenvalue weighted by Gasteiger charge is -2.22. The molecule has 0 spiro atoms. The average Bonchev–Trinajstić information content (AvgIpc) is 2.68. The molecule has 0 aromatic carbocycles. The van der Waals surface area contributed by atoms with Gasteiger partial charge in [0.25, 0.3) is 10.0 Å². The highest BCUT2D eigenvalue weighted by Gasteiger charge is 2.22. The van der Waals surface area contributed by atoms with Crippen molar-refractivity contribution in [1.82, 2.24) is 15.0 Å². The van der Waals surface area contributed by atoms with Gasteiger partial charge in [-0.25, -0.2) is 18.1 Å². The van der Waals surface area contributed by atoms with Gasteiger partial charge in [-0.2, -0.15) is 0 Å². The van der Waals surface area contributed by atoms with Crippen LogP contribution in [-0.4, -0.2) is 33.0 Å². The lowest BCUT2D eigenvalue weighted by Crippen LogP contribution is -2.38. The monoisotopic (exact) mass is 289 g/mol. The molecule has 0 unspecified atom stereocenters. The molecule has 1 aromatic heterocycles. The normalized spacial score (nSPS) is 21.1. The van der Waals surface area contributed by atoms with Crippen LogP contribution >= 0.6 is 11.3 Å². The third-order valence-corrected chi connectivity index (χ3v) is 6.17. The lowest BCUT2D eigenvalue weighted by atomic mass is 10.0. The van der Waals surface area contributed by atoms with E-state index in [1.165, 1.54) is 11.3 Å². The van der Waals surface area contributed by atoms with Crippen LogP contribution in [0.4, 0.5) is 0 Å². The zero-order valence-electron chi connectivity index (χ0n) is 10.7. The van der Waals surface area contributed by atoms with E-state index in [4.69, 9.17) is 0 Å². The summed E-state index contributed by atoms with van der Waals surface area (Å²) in [4.78, 5) is 4.16. The molecule has 1 fully saturated rings. The van der Waals surface area contributed by atoms with Crippen molar-refractivity contribution in [2.45, 2.75) is 30.9 Å². The number of rotatable bonds is 4. The molecule has 102 valence electrons. The highest BCUT2D eigenvalue weighted by molar-refractivity contribution is 7.91. The van der Waals surface area contributed by atoms with Gasteiger partial charge in [-0.05, 0) is 45.7 Å². The van der Waals surface area contributed by atoms with Crippen LogP contribution in [0, 0.1) is 19.8 Å². The van der Waals surface area contributed by atoms with Gasteiger partial charge in [-0.3, -0.25) is 0 Å². The largest absolute Gasteiger partial charge is 0.316 e. The average molecular weight is 289 g/mol. The number of aromatic nitrogens is 1. The number of thiazole rings is 1. The molecule has 1 aliphatic heterocycles. The van der Waals surface area contributed by atoms with E-state index in [2.05, 4.69) is 15.0 Å². The highest BCUT2D eigenvalue weighted by Crippen LogP contribution is 2.22. The van der Waals surface area contributed by atoms with E-state index < -0.39 is 10.0 Å². The quantitative estimate of drug-likeness (QED) is 0.869. The van der Waals surface area contributed by atoms with Gasteiger partial charge < -0.3 is 5.32 Å². The van der Waals surface area contributed by atoms with Crippen molar-refractivity contribution in [3.8, 4) is 0 Å². The molecule has 18 heavy (non-hydrogen) atoms. The standard InChI is InChI=1S/C11H19N3O2S2/c1-8-11(17-9(2)14-8)18(15,16)13-7-10-4-3-5-12-6-10/h10,12-13H,3-7H2,1-2H3/t10-/m0/s1. The Hall–Kier alpha value is -0.500. The van der Waals surface area contributed by atoms with Gasteiger partial charge >= 0.3 is 0 Å². The zero-order valence-corrected chi connectivity index (χ0v) is 12.3. The molecule has 0 radical (unpaired) electrons. The van der Waals surface area contributed by atoms with Crippen LogP contribution in [-0.2, 0) is 10.0 Å². The molecular weight excluding hydrogens is 270 g/mol. The van der Waals surface area contributed by atoms with Crippen molar-refractivity contribution in [3.63, 3.8) is 0 Å². The number of nitrogens with one attached hydrogen (secondary N) is 2. The molecule has 2 N–H and O–H groups in total. The van der Waals surface area contributed by atoms with Gasteiger partial charge in [0.15, 0.2) is 4.21 Å². The molecule has 7 heteroatoms. The summed E-state index contributed by atoms with van der Waals surface area (Å²) in [6, 6.07) is 0. The fourth-order valence-electron chi connectivity index (χ4n) is 2.15. The molecule has 2 heterocycles. The summed E-state index contributed by atoms with van der Waals surface area (Å²) in [7, 11) is -3.39. The summed E-state index contributed by atoms with van der Waals surface area (Å²) in [6.45, 7) is 5.99. The predicted octanol–water partition coefficient (Wildman–Crippen LogP) is 1.04. The van der Waals surface area contributed by atoms with E-state index in [0.29, 0.717) is 22.4 Å². The van der Waals surface area contributed by atoms with Crippen LogP contribution in [0.25, 0.3) is 0 Å². The second-order valence-corrected chi connectivity index (χ2v) is 7.84. The highest BCUT2D eigenvalue weighted by atomic mass is 32.2. The second kappa shape index (κ2) is 5.64. The second-order valence-electron chi connectivity index (χ2n) is 4.67. The van der Waals surface area contributed by atoms with Crippen LogP contribution < -0.4 is 10.0 Å². The van der Waals surface area contributed by atoms with Crippen LogP contribution in [0.5, 0.6) is 0 Å². The van der Waals surface area contributed by atoms with Crippen molar-refractivity contribution in [2.24, 2.45) is 5.92 Å². The lowest BCUT2D eigenvalue weighted by molar-refractivity contribution is 0.376. The topological polar surface area (TPSA) is 71.1 Å². The molecule has 0 aliphatic carbocycles. The molecule has 1 aliphatic rings. The Bertz CT molecular complexity index is 504. The molecule has 5 nitrogen and oxygen atoms in total. The zero-order chi connectivity index (χ0) is 13.2. The maximum Gasteiger partial charge on any atom is 0.251 e. The first-order valence-electron chi connectivity index (χ1n) is 6.13. The van der Waals surface area contributed by atoms with Crippen LogP contribution in [0.15, 0.2) is 4.21 Å². The summed E-state index contributed by atoms with van der Waals surface area (Å²) < 4.78 is 27.3. The fourth-order valence-corrected chi connectivity index (χ4v) is 4.80. The number of aryl methyl sites for hydroxylation is 2. The summed E-state index contributed by atoms with van der Waals surface area (Å²) >= 11 is 1.23. The fraction of sp³-hybridized carbons (Fsp3) is 0.727. The minimum absolute atomic E-state index is 0.351. The smallest absolute Gasteiger partial charge is 0.251 e. The van der Waals surface area contributed by atoms with E-state index in [-0.39, 0.29) is 0 Å². The van der Waals surface area contributed by atoms with Gasteiger partial charge in [0.1, 0.15) is 0 Å². The van der Waals surface area contributed by atoms with Gasteiger partial charge in [0.2, 0.25) is 0 Å². The number of nitrogens with zero attached hydrogens (tertiary/aromatic N) is 1. The van der Waals surface area contributed by atoms with Crippen LogP contribution in [0.3, 0.4) is 0 Å². The van der Waals surface area contributed by atoms with E-state index in [1.54, 1.807) is 6.92 Å². The Morgan fingerprint density at radius 3 is 2.83 bits per heavy atom. The van der Waals surface area contributed by atoms with Gasteiger partial charge in [0, 0.05) is 6.54 Å². The first-order valence-corrected chi connectivity index (χ1v) is 8.43. The number of piperidine rings is 1. The van der Waals surface area contributed by atoms with Crippen molar-refractivity contribution < 1.29 is 8.42 Å². The van der Waals surface area contributed by atoms with E-state index in [0.717, 1.165) is 30.9 Å². The molecule has 0 saturated carbocycles. The Labute approximate surface area is 112 Å². The van der Waals surface area contributed by atoms with Crippen LogP contribution in [0.1, 0.15) is 23.5 Å². The maximum atomic E-state index is 12.1. The Balaban J connectivity index is 2.01. The molecule has 2 rings (SSSR count). The number of hydrogen-bond donors (Lipinski definition) is 2. The molecule has 1 aromatic rings. The predicted molar refractivity (Wildman–Crippen MR) is 72.4 cm³/mol. The molecule has 0 bridgehead atoms. The Morgan fingerprint density at radius 1 is 1.50 bits per heavy atom.